The van der Waals surface area contributed by atoms with Gasteiger partial charge in [-0.3, -0.25) is 4.79 Å². The van der Waals surface area contributed by atoms with E-state index >= 15 is 0 Å². The van der Waals surface area contributed by atoms with Crippen molar-refractivity contribution in [2.45, 2.75) is 26.3 Å². The number of carbonyl (C=O) groups is 1. The lowest BCUT2D eigenvalue weighted by Crippen LogP contribution is -2.34. The van der Waals surface area contributed by atoms with Gasteiger partial charge < -0.3 is 10.1 Å². The quantitative estimate of drug-likeness (QED) is 0.249. The van der Waals surface area contributed by atoms with Crippen LogP contribution >= 0.6 is 0 Å². The van der Waals surface area contributed by atoms with Gasteiger partial charge >= 0.3 is 5.91 Å². The van der Waals surface area contributed by atoms with Crippen molar-refractivity contribution in [3.8, 4) is 0 Å². The smallest absolute Gasteiger partial charge is 0.311 e. The molecule has 0 saturated carbocycles. The van der Waals surface area contributed by atoms with Gasteiger partial charge in [0.05, 0.1) is 0 Å². The second kappa shape index (κ2) is 3.56. The van der Waals surface area contributed by atoms with Gasteiger partial charge in [0, 0.05) is 34.9 Å². The van der Waals surface area contributed by atoms with Crippen molar-refractivity contribution >= 4 is 12.1 Å². The molecule has 0 unspecified atom stereocenters. The summed E-state index contributed by atoms with van der Waals surface area (Å²) in [5.74, 6) is -0.292. The number of carbonyl (C=O) groups excluding carboxylic acids is 1. The van der Waals surface area contributed by atoms with Gasteiger partial charge in [0.2, 0.25) is 6.21 Å². The molecule has 0 saturated heterocycles. The molecule has 70 valence electrons. The highest BCUT2D eigenvalue weighted by molar-refractivity contribution is 6.23. The largest absolute Gasteiger partial charge is 0.623 e. The highest BCUT2D eigenvalue weighted by Gasteiger charge is 2.19. The van der Waals surface area contributed by atoms with Gasteiger partial charge in [-0.2, -0.15) is 0 Å². The number of hydrogen-bond acceptors (Lipinski definition) is 2. The van der Waals surface area contributed by atoms with E-state index in [4.69, 9.17) is 0 Å². The molecule has 0 aromatic rings. The van der Waals surface area contributed by atoms with E-state index in [2.05, 4.69) is 0 Å². The van der Waals surface area contributed by atoms with Crippen molar-refractivity contribution < 1.29 is 9.53 Å². The van der Waals surface area contributed by atoms with Crippen molar-refractivity contribution in [1.29, 1.82) is 0 Å². The summed E-state index contributed by atoms with van der Waals surface area (Å²) in [5.41, 5.74) is -0.550. The van der Waals surface area contributed by atoms with Crippen molar-refractivity contribution in [2.24, 2.45) is 0 Å². The molecular weight excluding hydrogens is 156 g/mol. The first kappa shape index (κ1) is 10.9. The Morgan fingerprint density at radius 1 is 1.42 bits per heavy atom. The molecule has 0 heterocycles. The van der Waals surface area contributed by atoms with Gasteiger partial charge in [-0.1, -0.05) is 0 Å². The van der Waals surface area contributed by atoms with Crippen LogP contribution in [0.3, 0.4) is 0 Å². The molecule has 0 aromatic heterocycles. The number of hydroxylamine groups is 1. The zero-order valence-corrected chi connectivity index (χ0v) is 8.29. The Morgan fingerprint density at radius 3 is 2.08 bits per heavy atom. The summed E-state index contributed by atoms with van der Waals surface area (Å²) in [6.07, 6.45) is 1.06. The molecule has 0 bridgehead atoms. The van der Waals surface area contributed by atoms with Crippen LogP contribution in [0.25, 0.3) is 0 Å². The predicted molar refractivity (Wildman–Crippen MR) is 48.1 cm³/mol. The molecule has 12 heavy (non-hydrogen) atoms. The maximum atomic E-state index is 11.2. The SMILES string of the molecule is CN(C)C(=O)/C=[N+](\[O-])C(C)(C)C. The minimum absolute atomic E-state index is 0.292. The minimum atomic E-state index is -0.550. The first-order chi connectivity index (χ1) is 5.25. The third-order valence-electron chi connectivity index (χ3n) is 1.33. The van der Waals surface area contributed by atoms with E-state index in [1.165, 1.54) is 4.90 Å². The Bertz CT molecular complexity index is 202. The second-order valence-electron chi connectivity index (χ2n) is 3.86. The Morgan fingerprint density at radius 2 is 1.83 bits per heavy atom. The summed E-state index contributed by atoms with van der Waals surface area (Å²) in [6, 6.07) is 0. The Hall–Kier alpha value is -1.06. The number of hydrogen-bond donors (Lipinski definition) is 0. The maximum Gasteiger partial charge on any atom is 0.311 e. The number of nitrogens with zero attached hydrogens (tertiary/aromatic N) is 2. The Balaban J connectivity index is 4.48. The lowest BCUT2D eigenvalue weighted by molar-refractivity contribution is -0.530. The van der Waals surface area contributed by atoms with Gasteiger partial charge in [0.1, 0.15) is 0 Å². The van der Waals surface area contributed by atoms with Crippen LogP contribution in [0.15, 0.2) is 0 Å². The summed E-state index contributed by atoms with van der Waals surface area (Å²) < 4.78 is 0.662. The molecule has 0 N–H and O–H groups in total. The lowest BCUT2D eigenvalue weighted by atomic mass is 10.1. The molecule has 0 spiro atoms. The molecule has 0 atom stereocenters. The van der Waals surface area contributed by atoms with Crippen LogP contribution < -0.4 is 0 Å². The fourth-order valence-corrected chi connectivity index (χ4v) is 0.409. The van der Waals surface area contributed by atoms with Crippen LogP contribution in [0, 0.1) is 5.21 Å². The maximum absolute atomic E-state index is 11.2. The zero-order valence-electron chi connectivity index (χ0n) is 8.29. The van der Waals surface area contributed by atoms with Crippen LogP contribution in [0.5, 0.6) is 0 Å². The van der Waals surface area contributed by atoms with Gasteiger partial charge in [-0.25, -0.2) is 4.74 Å². The van der Waals surface area contributed by atoms with E-state index in [1.807, 2.05) is 0 Å². The number of amides is 1. The van der Waals surface area contributed by atoms with Crippen LogP contribution in [-0.2, 0) is 4.79 Å². The average molecular weight is 172 g/mol. The average Bonchev–Trinajstić information content (AvgIpc) is 1.85. The Labute approximate surface area is 73.1 Å². The third-order valence-corrected chi connectivity index (χ3v) is 1.33. The van der Waals surface area contributed by atoms with Gasteiger partial charge in [0.25, 0.3) is 0 Å². The Kier molecular flexibility index (Phi) is 3.24. The van der Waals surface area contributed by atoms with Crippen molar-refractivity contribution in [1.82, 2.24) is 4.90 Å². The monoisotopic (exact) mass is 172 g/mol. The fourth-order valence-electron chi connectivity index (χ4n) is 0.409. The molecule has 0 radical (unpaired) electrons. The van der Waals surface area contributed by atoms with E-state index in [0.29, 0.717) is 4.74 Å². The fraction of sp³-hybridized carbons (Fsp3) is 0.750. The molecule has 0 aliphatic heterocycles. The highest BCUT2D eigenvalue weighted by atomic mass is 16.5. The van der Waals surface area contributed by atoms with Gasteiger partial charge in [-0.05, 0) is 0 Å². The van der Waals surface area contributed by atoms with Gasteiger partial charge in [0.15, 0.2) is 5.54 Å². The number of rotatable bonds is 1. The topological polar surface area (TPSA) is 46.4 Å². The molecule has 0 fully saturated rings. The van der Waals surface area contributed by atoms with E-state index in [9.17, 15) is 10.0 Å². The standard InChI is InChI=1S/C8H16N2O2/c1-8(2,3)10(12)6-7(11)9(4)5/h6H,1-5H3/b10-6-. The molecule has 0 rings (SSSR count). The highest BCUT2D eigenvalue weighted by Crippen LogP contribution is 2.03. The van der Waals surface area contributed by atoms with Crippen molar-refractivity contribution in [3.05, 3.63) is 5.21 Å². The predicted octanol–water partition coefficient (Wildman–Crippen LogP) is 0.454. The minimum Gasteiger partial charge on any atom is -0.623 e. The molecule has 1 amide bonds. The lowest BCUT2D eigenvalue weighted by Gasteiger charge is -2.18. The normalized spacial score (nSPS) is 12.9. The first-order valence-electron chi connectivity index (χ1n) is 3.78. The summed E-state index contributed by atoms with van der Waals surface area (Å²) in [7, 11) is 3.21. The van der Waals surface area contributed by atoms with Crippen LogP contribution in [0.2, 0.25) is 0 Å². The first-order valence-corrected chi connectivity index (χ1v) is 3.78. The van der Waals surface area contributed by atoms with Crippen molar-refractivity contribution in [2.75, 3.05) is 14.1 Å². The molecular formula is C8H16N2O2. The van der Waals surface area contributed by atoms with E-state index in [0.717, 1.165) is 6.21 Å². The third kappa shape index (κ3) is 3.37. The van der Waals surface area contributed by atoms with E-state index < -0.39 is 5.54 Å². The molecule has 4 heteroatoms. The van der Waals surface area contributed by atoms with Crippen LogP contribution in [0.1, 0.15) is 20.8 Å². The van der Waals surface area contributed by atoms with E-state index in [1.54, 1.807) is 34.9 Å². The van der Waals surface area contributed by atoms with Crippen molar-refractivity contribution in [3.63, 3.8) is 0 Å². The molecule has 0 aliphatic carbocycles. The van der Waals surface area contributed by atoms with E-state index in [-0.39, 0.29) is 5.91 Å². The summed E-state index contributed by atoms with van der Waals surface area (Å²) in [6.45, 7) is 5.25. The summed E-state index contributed by atoms with van der Waals surface area (Å²) in [4.78, 5) is 12.4. The summed E-state index contributed by atoms with van der Waals surface area (Å²) in [5, 5.41) is 11.2. The zero-order chi connectivity index (χ0) is 9.94. The van der Waals surface area contributed by atoms with Crippen LogP contribution in [-0.4, -0.2) is 41.4 Å². The van der Waals surface area contributed by atoms with Gasteiger partial charge in [-0.15, -0.1) is 0 Å². The molecule has 0 aliphatic rings. The summed E-state index contributed by atoms with van der Waals surface area (Å²) >= 11 is 0. The molecule has 0 aromatic carbocycles. The molecule has 4 nitrogen and oxygen atoms in total. The second-order valence-corrected chi connectivity index (χ2v) is 3.86. The van der Waals surface area contributed by atoms with Crippen LogP contribution in [0.4, 0.5) is 0 Å².